The minimum Gasteiger partial charge on any atom is -0.306 e. The molecular weight excluding hydrogens is 194 g/mol. The van der Waals surface area contributed by atoms with Crippen LogP contribution >= 0.6 is 0 Å². The second kappa shape index (κ2) is 4.83. The molecule has 1 heteroatoms. The van der Waals surface area contributed by atoms with E-state index in [1.807, 2.05) is 7.05 Å². The Labute approximate surface area is 96.5 Å². The molecule has 2 aromatic rings. The lowest BCUT2D eigenvalue weighted by Crippen LogP contribution is -2.25. The Morgan fingerprint density at radius 1 is 1.19 bits per heavy atom. The molecule has 0 saturated heterocycles. The molecule has 1 nitrogen and oxygen atoms in total. The number of likely N-dealkylation sites (N-methyl/N-ethyl adjacent to an activating group) is 1. The average Bonchev–Trinajstić information content (AvgIpc) is 2.35. The third-order valence-electron chi connectivity index (χ3n) is 2.80. The van der Waals surface area contributed by atoms with Crippen LogP contribution in [0, 0.1) is 12.3 Å². The molecule has 0 fully saturated rings. The topological polar surface area (TPSA) is 12.0 Å². The van der Waals surface area contributed by atoms with Crippen molar-refractivity contribution in [2.75, 3.05) is 7.05 Å². The summed E-state index contributed by atoms with van der Waals surface area (Å²) in [5.41, 5.74) is 1.27. The number of hydrogen-bond acceptors (Lipinski definition) is 1. The van der Waals surface area contributed by atoms with Crippen LogP contribution in [0.3, 0.4) is 0 Å². The van der Waals surface area contributed by atoms with E-state index in [9.17, 15) is 0 Å². The molecule has 1 atom stereocenters. The van der Waals surface area contributed by atoms with E-state index in [4.69, 9.17) is 6.42 Å². The summed E-state index contributed by atoms with van der Waals surface area (Å²) in [5.74, 6) is 2.74. The fraction of sp³-hybridized carbons (Fsp3) is 0.200. The summed E-state index contributed by atoms with van der Waals surface area (Å²) in [4.78, 5) is 0. The second-order valence-corrected chi connectivity index (χ2v) is 3.89. The standard InChI is InChI=1S/C15H15N/c1-3-15(16-2)11-12-8-9-13-6-4-5-7-14(13)10-12/h1,4-10,15-16H,11H2,2H3. The molecule has 80 valence electrons. The van der Waals surface area contributed by atoms with Gasteiger partial charge in [-0.2, -0.15) is 0 Å². The largest absolute Gasteiger partial charge is 0.306 e. The first-order valence-electron chi connectivity index (χ1n) is 5.44. The third kappa shape index (κ3) is 2.24. The lowest BCUT2D eigenvalue weighted by atomic mass is 10.0. The molecule has 0 aliphatic heterocycles. The van der Waals surface area contributed by atoms with E-state index in [1.54, 1.807) is 0 Å². The van der Waals surface area contributed by atoms with E-state index in [-0.39, 0.29) is 6.04 Å². The van der Waals surface area contributed by atoms with Crippen LogP contribution in [0.2, 0.25) is 0 Å². The van der Waals surface area contributed by atoms with Crippen molar-refractivity contribution in [3.05, 3.63) is 48.0 Å². The van der Waals surface area contributed by atoms with Crippen LogP contribution < -0.4 is 5.32 Å². The number of nitrogens with one attached hydrogen (secondary N) is 1. The molecule has 0 radical (unpaired) electrons. The Hall–Kier alpha value is -1.78. The molecule has 0 amide bonds. The molecule has 0 spiro atoms. The first kappa shape index (κ1) is 10.7. The molecule has 0 heterocycles. The average molecular weight is 209 g/mol. The van der Waals surface area contributed by atoms with Gasteiger partial charge in [-0.15, -0.1) is 6.42 Å². The van der Waals surface area contributed by atoms with Crippen molar-refractivity contribution in [3.63, 3.8) is 0 Å². The highest BCUT2D eigenvalue weighted by atomic mass is 14.8. The van der Waals surface area contributed by atoms with Crippen molar-refractivity contribution < 1.29 is 0 Å². The van der Waals surface area contributed by atoms with E-state index in [0.717, 1.165) is 6.42 Å². The summed E-state index contributed by atoms with van der Waals surface area (Å²) in [5, 5.41) is 5.65. The van der Waals surface area contributed by atoms with Crippen LogP contribution in [0.15, 0.2) is 42.5 Å². The third-order valence-corrected chi connectivity index (χ3v) is 2.80. The lowest BCUT2D eigenvalue weighted by Gasteiger charge is -2.09. The van der Waals surface area contributed by atoms with Gasteiger partial charge in [0.2, 0.25) is 0 Å². The van der Waals surface area contributed by atoms with E-state index in [2.05, 4.69) is 53.7 Å². The number of hydrogen-bond donors (Lipinski definition) is 1. The van der Waals surface area contributed by atoms with Crippen LogP contribution in [0.5, 0.6) is 0 Å². The molecule has 0 saturated carbocycles. The fourth-order valence-electron chi connectivity index (χ4n) is 1.85. The highest BCUT2D eigenvalue weighted by molar-refractivity contribution is 5.83. The molecule has 2 rings (SSSR count). The van der Waals surface area contributed by atoms with Gasteiger partial charge in [-0.3, -0.25) is 0 Å². The van der Waals surface area contributed by atoms with Crippen molar-refractivity contribution >= 4 is 10.8 Å². The second-order valence-electron chi connectivity index (χ2n) is 3.89. The van der Waals surface area contributed by atoms with Gasteiger partial charge in [0.15, 0.2) is 0 Å². The van der Waals surface area contributed by atoms with Gasteiger partial charge >= 0.3 is 0 Å². The Morgan fingerprint density at radius 3 is 2.62 bits per heavy atom. The van der Waals surface area contributed by atoms with Crippen LogP contribution in [-0.2, 0) is 6.42 Å². The van der Waals surface area contributed by atoms with Gasteiger partial charge in [0.05, 0.1) is 6.04 Å². The molecule has 0 aliphatic rings. The Kier molecular flexibility index (Phi) is 3.24. The molecule has 2 aromatic carbocycles. The summed E-state index contributed by atoms with van der Waals surface area (Å²) in [6.07, 6.45) is 6.30. The maximum absolute atomic E-state index is 5.43. The van der Waals surface area contributed by atoms with Gasteiger partial charge in [-0.1, -0.05) is 48.4 Å². The Balaban J connectivity index is 2.30. The van der Waals surface area contributed by atoms with Gasteiger partial charge in [0, 0.05) is 0 Å². The number of fused-ring (bicyclic) bond motifs is 1. The van der Waals surface area contributed by atoms with E-state index < -0.39 is 0 Å². The van der Waals surface area contributed by atoms with Crippen molar-refractivity contribution in [1.82, 2.24) is 5.32 Å². The number of terminal acetylenes is 1. The summed E-state index contributed by atoms with van der Waals surface area (Å²) in [7, 11) is 1.89. The summed E-state index contributed by atoms with van der Waals surface area (Å²) in [6.45, 7) is 0. The van der Waals surface area contributed by atoms with Gasteiger partial charge in [0.1, 0.15) is 0 Å². The maximum atomic E-state index is 5.43. The molecule has 0 bridgehead atoms. The number of rotatable bonds is 3. The summed E-state index contributed by atoms with van der Waals surface area (Å²) >= 11 is 0. The lowest BCUT2D eigenvalue weighted by molar-refractivity contribution is 0.684. The predicted octanol–water partition coefficient (Wildman–Crippen LogP) is 2.60. The molecule has 0 aromatic heterocycles. The molecule has 1 unspecified atom stereocenters. The fourth-order valence-corrected chi connectivity index (χ4v) is 1.85. The Morgan fingerprint density at radius 2 is 1.94 bits per heavy atom. The van der Waals surface area contributed by atoms with Gasteiger partial charge in [-0.05, 0) is 29.8 Å². The molecule has 1 N–H and O–H groups in total. The van der Waals surface area contributed by atoms with E-state index >= 15 is 0 Å². The minimum absolute atomic E-state index is 0.112. The van der Waals surface area contributed by atoms with Gasteiger partial charge in [0.25, 0.3) is 0 Å². The number of benzene rings is 2. The van der Waals surface area contributed by atoms with Gasteiger partial charge in [-0.25, -0.2) is 0 Å². The maximum Gasteiger partial charge on any atom is 0.0725 e. The highest BCUT2D eigenvalue weighted by Crippen LogP contribution is 2.16. The molecule has 0 aliphatic carbocycles. The van der Waals surface area contributed by atoms with Crippen molar-refractivity contribution in [1.29, 1.82) is 0 Å². The van der Waals surface area contributed by atoms with Crippen LogP contribution in [-0.4, -0.2) is 13.1 Å². The van der Waals surface area contributed by atoms with Crippen LogP contribution in [0.4, 0.5) is 0 Å². The van der Waals surface area contributed by atoms with Gasteiger partial charge < -0.3 is 5.32 Å². The SMILES string of the molecule is C#CC(Cc1ccc2ccccc2c1)NC. The van der Waals surface area contributed by atoms with Crippen molar-refractivity contribution in [3.8, 4) is 12.3 Å². The quantitative estimate of drug-likeness (QED) is 0.766. The zero-order valence-corrected chi connectivity index (χ0v) is 9.40. The van der Waals surface area contributed by atoms with Crippen LogP contribution in [0.1, 0.15) is 5.56 Å². The highest BCUT2D eigenvalue weighted by Gasteiger charge is 2.03. The molecule has 16 heavy (non-hydrogen) atoms. The minimum atomic E-state index is 0.112. The normalized spacial score (nSPS) is 12.2. The molecular formula is C15H15N. The zero-order valence-electron chi connectivity index (χ0n) is 9.40. The summed E-state index contributed by atoms with van der Waals surface area (Å²) in [6, 6.07) is 15.0. The summed E-state index contributed by atoms with van der Waals surface area (Å²) < 4.78 is 0. The smallest absolute Gasteiger partial charge is 0.0725 e. The zero-order chi connectivity index (χ0) is 11.4. The monoisotopic (exact) mass is 209 g/mol. The first-order valence-corrected chi connectivity index (χ1v) is 5.44. The van der Waals surface area contributed by atoms with E-state index in [0.29, 0.717) is 0 Å². The predicted molar refractivity (Wildman–Crippen MR) is 69.3 cm³/mol. The Bertz CT molecular complexity index is 522. The van der Waals surface area contributed by atoms with Crippen molar-refractivity contribution in [2.24, 2.45) is 0 Å². The van der Waals surface area contributed by atoms with Crippen LogP contribution in [0.25, 0.3) is 10.8 Å². The first-order chi connectivity index (χ1) is 7.83. The van der Waals surface area contributed by atoms with Crippen molar-refractivity contribution in [2.45, 2.75) is 12.5 Å². The van der Waals surface area contributed by atoms with E-state index in [1.165, 1.54) is 16.3 Å².